The summed E-state index contributed by atoms with van der Waals surface area (Å²) in [5.41, 5.74) is 7.84. The first-order chi connectivity index (χ1) is 40.0. The Morgan fingerprint density at radius 2 is 1.65 bits per heavy atom. The fraction of sp³-hybridized carbons (Fsp3) is 0.397. The van der Waals surface area contributed by atoms with Crippen LogP contribution in [0.1, 0.15) is 120 Å². The van der Waals surface area contributed by atoms with Crippen LogP contribution in [0.4, 0.5) is 15.3 Å². The number of carbonyl (C=O) groups excluding carboxylic acids is 4. The molecule has 434 valence electrons. The molecule has 4 amide bonds. The molecule has 0 unspecified atom stereocenters. The number of aryl methyl sites for hydroxylation is 1. The quantitative estimate of drug-likeness (QED) is 0.0356. The number of amides is 4. The van der Waals surface area contributed by atoms with Gasteiger partial charge in [0.15, 0.2) is 16.5 Å². The summed E-state index contributed by atoms with van der Waals surface area (Å²) in [6.07, 6.45) is 5.43. The summed E-state index contributed by atoms with van der Waals surface area (Å²) in [4.78, 5) is 85.9. The van der Waals surface area contributed by atoms with Crippen LogP contribution in [0.25, 0.3) is 31.8 Å². The van der Waals surface area contributed by atoms with Gasteiger partial charge in [-0.1, -0.05) is 97.7 Å². The maximum absolute atomic E-state index is 15.1. The number of para-hydroxylation sites is 1. The third kappa shape index (κ3) is 13.7. The molecule has 10 rings (SSSR count). The molecule has 1 saturated carbocycles. The Labute approximate surface area is 494 Å². The zero-order valence-electron chi connectivity index (χ0n) is 47.0. The van der Waals surface area contributed by atoms with Crippen LogP contribution < -0.4 is 25.6 Å². The standard InChI is InChI=1S/C63H69FN8O8S3/c1-38-44(45-25-26-52(68-53(45)59(77)78)71-30-27-41-15-13-17-46(47(41)36-71)56(74)70-61-67-48-18-9-10-20-51(48)83-61)16-14-19-50(38)80-31-11-7-5-6-8-12-32-82-62(3,4)55(69-60(79)63(64)28-29-63)58(76)72-35-43(73)33-49(72)57(75)65-34-40-21-23-42(24-22-40)54-39(2)66-37-81-54/h9-10,13-26,37,43,49,55,73H,5-8,11-12,27-36H2,1-4H3,(H,65,75)(H,69,79)(H,77,78)(H,67,70,74)/t43-,49+,55-/m1/s1. The Bertz CT molecular complexity index is 3500. The van der Waals surface area contributed by atoms with Crippen molar-refractivity contribution < 1.29 is 43.3 Å². The first-order valence-electron chi connectivity index (χ1n) is 28.4. The second-order valence-corrected chi connectivity index (χ2v) is 25.9. The minimum Gasteiger partial charge on any atom is -0.493 e. The number of carboxylic acid groups (broad SMARTS) is 1. The number of thioether (sulfide) groups is 1. The van der Waals surface area contributed by atoms with E-state index in [0.717, 1.165) is 87.1 Å². The lowest BCUT2D eigenvalue weighted by Crippen LogP contribution is -2.61. The molecule has 1 aliphatic carbocycles. The molecular weight excluding hydrogens is 1110 g/mol. The lowest BCUT2D eigenvalue weighted by atomic mass is 9.94. The van der Waals surface area contributed by atoms with E-state index in [-0.39, 0.29) is 44.0 Å². The number of carbonyl (C=O) groups is 5. The van der Waals surface area contributed by atoms with Crippen LogP contribution in [0.2, 0.25) is 0 Å². The number of aliphatic hydroxyl groups excluding tert-OH is 1. The third-order valence-corrected chi connectivity index (χ3v) is 19.3. The largest absolute Gasteiger partial charge is 0.493 e. The van der Waals surface area contributed by atoms with Gasteiger partial charge in [-0.3, -0.25) is 24.5 Å². The van der Waals surface area contributed by atoms with E-state index in [4.69, 9.17) is 9.72 Å². The molecule has 2 fully saturated rings. The van der Waals surface area contributed by atoms with Crippen molar-refractivity contribution in [3.8, 4) is 27.3 Å². The molecule has 5 heterocycles. The van der Waals surface area contributed by atoms with Crippen LogP contribution in [-0.4, -0.2) is 114 Å². The molecule has 2 aliphatic heterocycles. The van der Waals surface area contributed by atoms with Gasteiger partial charge >= 0.3 is 5.97 Å². The van der Waals surface area contributed by atoms with Gasteiger partial charge in [0.2, 0.25) is 11.8 Å². The number of unbranched alkanes of at least 4 members (excludes halogenated alkanes) is 5. The Morgan fingerprint density at radius 1 is 0.892 bits per heavy atom. The molecule has 0 spiro atoms. The van der Waals surface area contributed by atoms with Gasteiger partial charge in [0.1, 0.15) is 23.7 Å². The Morgan fingerprint density at radius 3 is 2.40 bits per heavy atom. The number of nitrogens with one attached hydrogen (secondary N) is 3. The van der Waals surface area contributed by atoms with E-state index in [0.29, 0.717) is 65.3 Å². The maximum atomic E-state index is 15.1. The number of β-amino-alcohol motifs (C(OH)–C–C–N with tert-alkyl or cyclic N) is 1. The second kappa shape index (κ2) is 25.7. The van der Waals surface area contributed by atoms with Crippen molar-refractivity contribution in [2.75, 3.05) is 35.7 Å². The summed E-state index contributed by atoms with van der Waals surface area (Å²) in [5.74, 6) is -1.31. The molecule has 1 saturated heterocycles. The summed E-state index contributed by atoms with van der Waals surface area (Å²) >= 11 is 4.50. The van der Waals surface area contributed by atoms with Gasteiger partial charge in [-0.15, -0.1) is 11.3 Å². The Kier molecular flexibility index (Phi) is 18.2. The van der Waals surface area contributed by atoms with Gasteiger partial charge < -0.3 is 35.4 Å². The SMILES string of the molecule is Cc1ncsc1-c1ccc(CNC(=O)[C@@H]2C[C@@H](O)CN2C(=O)[C@@H](NC(=O)C2(F)CC2)C(C)(C)SCCCCCCCCOc2cccc(-c3ccc(N4CCc5cccc(C(=O)Nc6nc7ccccc7s6)c5C4)nc3C(=O)O)c2C)cc1. The van der Waals surface area contributed by atoms with Gasteiger partial charge in [0, 0.05) is 48.5 Å². The molecule has 20 heteroatoms. The van der Waals surface area contributed by atoms with Crippen molar-refractivity contribution in [1.82, 2.24) is 30.5 Å². The van der Waals surface area contributed by atoms with E-state index in [9.17, 15) is 34.2 Å². The highest BCUT2D eigenvalue weighted by Crippen LogP contribution is 2.42. The summed E-state index contributed by atoms with van der Waals surface area (Å²) in [6, 6.07) is 28.4. The van der Waals surface area contributed by atoms with Crippen LogP contribution in [0, 0.1) is 13.8 Å². The minimum absolute atomic E-state index is 0.0435. The van der Waals surface area contributed by atoms with E-state index in [1.54, 1.807) is 29.0 Å². The van der Waals surface area contributed by atoms with Crippen molar-refractivity contribution in [2.24, 2.45) is 0 Å². The van der Waals surface area contributed by atoms with Crippen LogP contribution in [-0.2, 0) is 33.9 Å². The van der Waals surface area contributed by atoms with Crippen molar-refractivity contribution in [3.05, 3.63) is 142 Å². The third-order valence-electron chi connectivity index (χ3n) is 15.9. The van der Waals surface area contributed by atoms with E-state index in [2.05, 4.69) is 25.9 Å². The molecular formula is C63H69FN8O8S3. The molecule has 83 heavy (non-hydrogen) atoms. The number of ether oxygens (including phenoxy) is 1. The number of carboxylic acids is 1. The number of anilines is 2. The van der Waals surface area contributed by atoms with E-state index in [1.807, 2.05) is 118 Å². The van der Waals surface area contributed by atoms with E-state index in [1.165, 1.54) is 28.0 Å². The van der Waals surface area contributed by atoms with E-state index < -0.39 is 52.3 Å². The Hall–Kier alpha value is -7.26. The predicted octanol–water partition coefficient (Wildman–Crippen LogP) is 11.1. The number of halogens is 1. The first-order valence-corrected chi connectivity index (χ1v) is 31.0. The minimum atomic E-state index is -2.01. The number of aromatic carboxylic acids is 1. The number of pyridine rings is 1. The van der Waals surface area contributed by atoms with Crippen molar-refractivity contribution in [3.63, 3.8) is 0 Å². The highest BCUT2D eigenvalue weighted by molar-refractivity contribution is 8.00. The van der Waals surface area contributed by atoms with Gasteiger partial charge in [-0.25, -0.2) is 24.1 Å². The van der Waals surface area contributed by atoms with Crippen LogP contribution >= 0.6 is 34.4 Å². The highest BCUT2D eigenvalue weighted by atomic mass is 32.2. The number of alkyl halides is 1. The molecule has 16 nitrogen and oxygen atoms in total. The highest BCUT2D eigenvalue weighted by Gasteiger charge is 2.54. The topological polar surface area (TPSA) is 216 Å². The smallest absolute Gasteiger partial charge is 0.355 e. The average Bonchev–Trinajstić information content (AvgIpc) is 3.98. The van der Waals surface area contributed by atoms with Crippen LogP contribution in [0.15, 0.2) is 103 Å². The zero-order valence-corrected chi connectivity index (χ0v) is 49.5. The number of likely N-dealkylation sites (tertiary alicyclic amines) is 1. The summed E-state index contributed by atoms with van der Waals surface area (Å²) in [5, 5.41) is 30.5. The number of rotatable bonds is 24. The summed E-state index contributed by atoms with van der Waals surface area (Å²) in [7, 11) is 0. The molecule has 0 radical (unpaired) electrons. The number of hydrogen-bond acceptors (Lipinski definition) is 14. The molecule has 0 bridgehead atoms. The van der Waals surface area contributed by atoms with Crippen LogP contribution in [0.5, 0.6) is 5.75 Å². The lowest BCUT2D eigenvalue weighted by molar-refractivity contribution is -0.143. The molecule has 7 aromatic rings. The number of aromatic nitrogens is 3. The number of thiazole rings is 2. The Balaban J connectivity index is 0.683. The number of aliphatic hydroxyl groups is 1. The fourth-order valence-electron chi connectivity index (χ4n) is 10.9. The number of hydrogen-bond donors (Lipinski definition) is 5. The van der Waals surface area contributed by atoms with E-state index >= 15 is 4.39 Å². The average molecular weight is 1180 g/mol. The second-order valence-electron chi connectivity index (χ2n) is 22.2. The fourth-order valence-corrected chi connectivity index (χ4v) is 13.8. The predicted molar refractivity (Wildman–Crippen MR) is 325 cm³/mol. The number of nitrogens with zero attached hydrogens (tertiary/aromatic N) is 5. The normalized spacial score (nSPS) is 16.7. The van der Waals surface area contributed by atoms with Gasteiger partial charge in [0.05, 0.1) is 39.0 Å². The summed E-state index contributed by atoms with van der Waals surface area (Å²) in [6.45, 7) is 9.19. The monoisotopic (exact) mass is 1180 g/mol. The van der Waals surface area contributed by atoms with Gasteiger partial charge in [0.25, 0.3) is 11.8 Å². The maximum Gasteiger partial charge on any atom is 0.355 e. The summed E-state index contributed by atoms with van der Waals surface area (Å²) < 4.78 is 21.5. The van der Waals surface area contributed by atoms with Gasteiger partial charge in [-0.2, -0.15) is 11.8 Å². The number of benzene rings is 4. The number of fused-ring (bicyclic) bond motifs is 2. The van der Waals surface area contributed by atoms with Crippen LogP contribution in [0.3, 0.4) is 0 Å². The lowest BCUT2D eigenvalue weighted by Gasteiger charge is -2.37. The molecule has 3 aromatic heterocycles. The zero-order chi connectivity index (χ0) is 58.4. The first kappa shape index (κ1) is 58.9. The van der Waals surface area contributed by atoms with Crippen molar-refractivity contribution >= 4 is 85.2 Å². The van der Waals surface area contributed by atoms with Crippen molar-refractivity contribution in [1.29, 1.82) is 0 Å². The molecule has 3 aliphatic rings. The van der Waals surface area contributed by atoms with Crippen molar-refractivity contribution in [2.45, 2.75) is 134 Å². The van der Waals surface area contributed by atoms with Gasteiger partial charge in [-0.05, 0) is 135 Å². The molecule has 3 atom stereocenters. The molecule has 5 N–H and O–H groups in total. The molecule has 4 aromatic carbocycles.